The highest BCUT2D eigenvalue weighted by Gasteiger charge is 2.33. The number of amides is 2. The topological polar surface area (TPSA) is 67.9 Å². The minimum Gasteiger partial charge on any atom is -0.484 e. The van der Waals surface area contributed by atoms with Gasteiger partial charge in [-0.1, -0.05) is 60.7 Å². The molecule has 158 valence electrons. The Labute approximate surface area is 181 Å². The molecule has 4 rings (SSSR count). The molecule has 0 unspecified atom stereocenters. The molecule has 1 atom stereocenters. The standard InChI is InChI=1S/C25H24N2O4/c28-24(18-30-20-11-5-2-6-12-20)27-17-23(31-22-14-8-7-13-21(22)27)25(29)26-16-15-19-9-3-1-4-10-19/h1-14,23H,15-18H2,(H,26,29)/t23-/m0/s1. The monoisotopic (exact) mass is 416 g/mol. The van der Waals surface area contributed by atoms with Gasteiger partial charge in [-0.05, 0) is 36.2 Å². The number of para-hydroxylation sites is 3. The minimum atomic E-state index is -0.786. The van der Waals surface area contributed by atoms with E-state index in [0.29, 0.717) is 23.7 Å². The van der Waals surface area contributed by atoms with Gasteiger partial charge in [0.25, 0.3) is 11.8 Å². The van der Waals surface area contributed by atoms with E-state index in [1.807, 2.05) is 60.7 Å². The van der Waals surface area contributed by atoms with E-state index in [1.54, 1.807) is 29.2 Å². The van der Waals surface area contributed by atoms with Crippen molar-refractivity contribution >= 4 is 17.5 Å². The lowest BCUT2D eigenvalue weighted by Gasteiger charge is -2.34. The molecule has 3 aromatic rings. The van der Waals surface area contributed by atoms with Crippen LogP contribution in [0.4, 0.5) is 5.69 Å². The van der Waals surface area contributed by atoms with Gasteiger partial charge in [0.05, 0.1) is 12.2 Å². The normalized spacial score (nSPS) is 14.8. The van der Waals surface area contributed by atoms with Gasteiger partial charge >= 0.3 is 0 Å². The predicted octanol–water partition coefficient (Wildman–Crippen LogP) is 3.22. The first-order chi connectivity index (χ1) is 15.2. The first-order valence-corrected chi connectivity index (χ1v) is 10.3. The summed E-state index contributed by atoms with van der Waals surface area (Å²) in [7, 11) is 0. The maximum atomic E-state index is 12.9. The lowest BCUT2D eigenvalue weighted by atomic mass is 10.1. The molecule has 0 radical (unpaired) electrons. The molecule has 1 N–H and O–H groups in total. The Hall–Kier alpha value is -3.80. The van der Waals surface area contributed by atoms with Crippen molar-refractivity contribution in [1.82, 2.24) is 5.32 Å². The smallest absolute Gasteiger partial charge is 0.265 e. The van der Waals surface area contributed by atoms with Crippen LogP contribution < -0.4 is 19.7 Å². The quantitative estimate of drug-likeness (QED) is 0.642. The average Bonchev–Trinajstić information content (AvgIpc) is 2.83. The number of hydrogen-bond donors (Lipinski definition) is 1. The van der Waals surface area contributed by atoms with Crippen LogP contribution in [0.15, 0.2) is 84.9 Å². The third kappa shape index (κ3) is 5.22. The highest BCUT2D eigenvalue weighted by Crippen LogP contribution is 2.33. The molecule has 2 amide bonds. The van der Waals surface area contributed by atoms with Crippen LogP contribution in [0.2, 0.25) is 0 Å². The van der Waals surface area contributed by atoms with Crippen molar-refractivity contribution < 1.29 is 19.1 Å². The number of anilines is 1. The van der Waals surface area contributed by atoms with E-state index in [-0.39, 0.29) is 25.0 Å². The van der Waals surface area contributed by atoms with E-state index in [9.17, 15) is 9.59 Å². The van der Waals surface area contributed by atoms with Crippen LogP contribution in [-0.4, -0.2) is 37.6 Å². The molecule has 0 saturated carbocycles. The number of ether oxygens (including phenoxy) is 2. The van der Waals surface area contributed by atoms with E-state index >= 15 is 0 Å². The summed E-state index contributed by atoms with van der Waals surface area (Å²) < 4.78 is 11.5. The maximum Gasteiger partial charge on any atom is 0.265 e. The Morgan fingerprint density at radius 1 is 0.935 bits per heavy atom. The fraction of sp³-hybridized carbons (Fsp3) is 0.200. The number of fused-ring (bicyclic) bond motifs is 1. The molecule has 1 aliphatic rings. The van der Waals surface area contributed by atoms with Crippen LogP contribution in [0.25, 0.3) is 0 Å². The average molecular weight is 416 g/mol. The molecule has 0 saturated heterocycles. The Bertz CT molecular complexity index is 1020. The summed E-state index contributed by atoms with van der Waals surface area (Å²) in [5.74, 6) is 0.645. The number of carbonyl (C=O) groups excluding carboxylic acids is 2. The molecule has 3 aromatic carbocycles. The van der Waals surface area contributed by atoms with Gasteiger partial charge in [-0.15, -0.1) is 0 Å². The summed E-state index contributed by atoms with van der Waals surface area (Å²) in [5, 5.41) is 2.92. The van der Waals surface area contributed by atoms with Crippen molar-refractivity contribution in [2.75, 3.05) is 24.6 Å². The number of carbonyl (C=O) groups is 2. The van der Waals surface area contributed by atoms with E-state index in [2.05, 4.69) is 5.32 Å². The van der Waals surface area contributed by atoms with Crippen molar-refractivity contribution in [2.24, 2.45) is 0 Å². The third-order valence-electron chi connectivity index (χ3n) is 5.03. The van der Waals surface area contributed by atoms with Crippen molar-refractivity contribution in [2.45, 2.75) is 12.5 Å². The Balaban J connectivity index is 1.40. The van der Waals surface area contributed by atoms with Gasteiger partial charge in [0.2, 0.25) is 0 Å². The third-order valence-corrected chi connectivity index (χ3v) is 5.03. The molecule has 0 aliphatic carbocycles. The summed E-state index contributed by atoms with van der Waals surface area (Å²) in [6.45, 7) is 0.501. The fourth-order valence-electron chi connectivity index (χ4n) is 3.44. The minimum absolute atomic E-state index is 0.124. The molecule has 0 bridgehead atoms. The Morgan fingerprint density at radius 2 is 1.61 bits per heavy atom. The highest BCUT2D eigenvalue weighted by molar-refractivity contribution is 5.98. The molecule has 0 fully saturated rings. The zero-order valence-electron chi connectivity index (χ0n) is 17.1. The second kappa shape index (κ2) is 9.80. The molecule has 31 heavy (non-hydrogen) atoms. The SMILES string of the molecule is O=C(NCCc1ccccc1)[C@@H]1CN(C(=O)COc2ccccc2)c2ccccc2O1. The van der Waals surface area contributed by atoms with Gasteiger partial charge in [-0.3, -0.25) is 9.59 Å². The Kier molecular flexibility index (Phi) is 6.47. The zero-order valence-corrected chi connectivity index (χ0v) is 17.1. The van der Waals surface area contributed by atoms with E-state index in [0.717, 1.165) is 12.0 Å². The van der Waals surface area contributed by atoms with Crippen LogP contribution >= 0.6 is 0 Å². The zero-order chi connectivity index (χ0) is 21.5. The fourth-order valence-corrected chi connectivity index (χ4v) is 3.44. The number of nitrogens with zero attached hydrogens (tertiary/aromatic N) is 1. The van der Waals surface area contributed by atoms with Gasteiger partial charge in [0, 0.05) is 6.54 Å². The van der Waals surface area contributed by atoms with Crippen LogP contribution in [0.1, 0.15) is 5.56 Å². The predicted molar refractivity (Wildman–Crippen MR) is 118 cm³/mol. The summed E-state index contributed by atoms with van der Waals surface area (Å²) in [4.78, 5) is 27.2. The van der Waals surface area contributed by atoms with Gasteiger partial charge in [-0.25, -0.2) is 0 Å². The van der Waals surface area contributed by atoms with Crippen molar-refractivity contribution in [3.63, 3.8) is 0 Å². The number of benzene rings is 3. The molecule has 6 nitrogen and oxygen atoms in total. The largest absolute Gasteiger partial charge is 0.484 e. The van der Waals surface area contributed by atoms with Crippen LogP contribution in [0.3, 0.4) is 0 Å². The van der Waals surface area contributed by atoms with E-state index in [1.165, 1.54) is 0 Å². The van der Waals surface area contributed by atoms with Crippen LogP contribution in [0, 0.1) is 0 Å². The molecule has 0 spiro atoms. The molecular formula is C25H24N2O4. The lowest BCUT2D eigenvalue weighted by molar-refractivity contribution is -0.128. The first-order valence-electron chi connectivity index (χ1n) is 10.3. The molecule has 1 aliphatic heterocycles. The Morgan fingerprint density at radius 3 is 2.39 bits per heavy atom. The van der Waals surface area contributed by atoms with Crippen molar-refractivity contribution in [3.05, 3.63) is 90.5 Å². The summed E-state index contributed by atoms with van der Waals surface area (Å²) in [6, 6.07) is 26.3. The number of rotatable bonds is 7. The van der Waals surface area contributed by atoms with Crippen LogP contribution in [-0.2, 0) is 16.0 Å². The summed E-state index contributed by atoms with van der Waals surface area (Å²) >= 11 is 0. The molecule has 0 aromatic heterocycles. The van der Waals surface area contributed by atoms with Gasteiger partial charge in [0.1, 0.15) is 11.5 Å². The van der Waals surface area contributed by atoms with Gasteiger partial charge in [-0.2, -0.15) is 0 Å². The second-order valence-corrected chi connectivity index (χ2v) is 7.21. The molecule has 1 heterocycles. The van der Waals surface area contributed by atoms with Crippen molar-refractivity contribution in [3.8, 4) is 11.5 Å². The maximum absolute atomic E-state index is 12.9. The van der Waals surface area contributed by atoms with E-state index < -0.39 is 6.10 Å². The molecule has 6 heteroatoms. The van der Waals surface area contributed by atoms with Crippen LogP contribution in [0.5, 0.6) is 11.5 Å². The van der Waals surface area contributed by atoms with Crippen molar-refractivity contribution in [1.29, 1.82) is 0 Å². The second-order valence-electron chi connectivity index (χ2n) is 7.21. The first kappa shape index (κ1) is 20.5. The van der Waals surface area contributed by atoms with Gasteiger partial charge < -0.3 is 19.7 Å². The highest BCUT2D eigenvalue weighted by atomic mass is 16.5. The van der Waals surface area contributed by atoms with E-state index in [4.69, 9.17) is 9.47 Å². The molecular weight excluding hydrogens is 392 g/mol. The number of nitrogens with one attached hydrogen (secondary N) is 1. The number of hydrogen-bond acceptors (Lipinski definition) is 4. The van der Waals surface area contributed by atoms with Gasteiger partial charge in [0.15, 0.2) is 12.7 Å². The summed E-state index contributed by atoms with van der Waals surface area (Å²) in [5.41, 5.74) is 1.78. The summed E-state index contributed by atoms with van der Waals surface area (Å²) in [6.07, 6.45) is -0.0601. The lowest BCUT2D eigenvalue weighted by Crippen LogP contribution is -2.52.